The van der Waals surface area contributed by atoms with Crippen LogP contribution in [0.3, 0.4) is 0 Å². The van der Waals surface area contributed by atoms with Crippen molar-refractivity contribution in [2.45, 2.75) is 25.8 Å². The minimum Gasteiger partial charge on any atom is -0.352 e. The van der Waals surface area contributed by atoms with Crippen molar-refractivity contribution >= 4 is 11.9 Å². The van der Waals surface area contributed by atoms with Gasteiger partial charge in [0.15, 0.2) is 0 Å². The lowest BCUT2D eigenvalue weighted by molar-refractivity contribution is 0.0952. The Bertz CT molecular complexity index is 925. The molecule has 5 heteroatoms. The number of amides is 1. The molecule has 0 unspecified atom stereocenters. The fourth-order valence-corrected chi connectivity index (χ4v) is 3.51. The molecule has 5 nitrogen and oxygen atoms in total. The zero-order chi connectivity index (χ0) is 19.2. The Morgan fingerprint density at radius 1 is 0.964 bits per heavy atom. The molecular formula is C23H24N4O. The van der Waals surface area contributed by atoms with Gasteiger partial charge in [-0.3, -0.25) is 4.79 Å². The van der Waals surface area contributed by atoms with Crippen LogP contribution in [0.25, 0.3) is 0 Å². The van der Waals surface area contributed by atoms with E-state index < -0.39 is 0 Å². The van der Waals surface area contributed by atoms with Crippen LogP contribution in [0.15, 0.2) is 67.0 Å². The van der Waals surface area contributed by atoms with E-state index in [1.54, 1.807) is 12.4 Å². The number of hydrogen-bond donors (Lipinski definition) is 1. The molecule has 142 valence electrons. The van der Waals surface area contributed by atoms with E-state index in [0.29, 0.717) is 18.1 Å². The molecule has 2 heterocycles. The van der Waals surface area contributed by atoms with Crippen molar-refractivity contribution in [2.75, 3.05) is 18.0 Å². The molecule has 0 atom stereocenters. The van der Waals surface area contributed by atoms with E-state index in [-0.39, 0.29) is 5.91 Å². The van der Waals surface area contributed by atoms with E-state index in [4.69, 9.17) is 0 Å². The van der Waals surface area contributed by atoms with Crippen LogP contribution in [-0.2, 0) is 19.4 Å². The normalized spacial score (nSPS) is 13.1. The summed E-state index contributed by atoms with van der Waals surface area (Å²) in [5, 5.41) is 2.95. The van der Waals surface area contributed by atoms with E-state index in [1.165, 1.54) is 16.7 Å². The Morgan fingerprint density at radius 3 is 2.46 bits per heavy atom. The summed E-state index contributed by atoms with van der Waals surface area (Å²) in [6.45, 7) is 2.33. The highest BCUT2D eigenvalue weighted by Gasteiger charge is 2.18. The first-order chi connectivity index (χ1) is 13.8. The Labute approximate surface area is 165 Å². The third-order valence-corrected chi connectivity index (χ3v) is 5.08. The van der Waals surface area contributed by atoms with Gasteiger partial charge in [0.2, 0.25) is 5.95 Å². The molecular weight excluding hydrogens is 348 g/mol. The first-order valence-electron chi connectivity index (χ1n) is 9.75. The molecule has 2 aromatic carbocycles. The number of aryl methyl sites for hydroxylation is 1. The summed E-state index contributed by atoms with van der Waals surface area (Å²) in [6.07, 6.45) is 6.09. The largest absolute Gasteiger partial charge is 0.352 e. The number of nitrogens with one attached hydrogen (secondary N) is 1. The Balaban J connectivity index is 1.29. The molecule has 1 aliphatic heterocycles. The summed E-state index contributed by atoms with van der Waals surface area (Å²) in [5.74, 6) is 0.554. The number of aromatic nitrogens is 2. The van der Waals surface area contributed by atoms with Crippen LogP contribution in [0, 0.1) is 0 Å². The van der Waals surface area contributed by atoms with Crippen LogP contribution in [0.1, 0.15) is 33.5 Å². The highest BCUT2D eigenvalue weighted by atomic mass is 16.1. The Kier molecular flexibility index (Phi) is 5.61. The molecule has 1 aliphatic rings. The van der Waals surface area contributed by atoms with Crippen LogP contribution in [0.2, 0.25) is 0 Å². The van der Waals surface area contributed by atoms with Crippen LogP contribution in [-0.4, -0.2) is 29.0 Å². The maximum Gasteiger partial charge on any atom is 0.254 e. The number of hydrogen-bond acceptors (Lipinski definition) is 4. The first-order valence-corrected chi connectivity index (χ1v) is 9.75. The molecule has 1 N–H and O–H groups in total. The summed E-state index contributed by atoms with van der Waals surface area (Å²) in [7, 11) is 0. The summed E-state index contributed by atoms with van der Waals surface area (Å²) in [5.41, 5.74) is 4.50. The molecule has 0 spiro atoms. The maximum atomic E-state index is 12.3. The Hall–Kier alpha value is -3.21. The molecule has 28 heavy (non-hydrogen) atoms. The lowest BCUT2D eigenvalue weighted by Gasteiger charge is -2.28. The Morgan fingerprint density at radius 2 is 1.68 bits per heavy atom. The molecule has 0 saturated heterocycles. The van der Waals surface area contributed by atoms with Gasteiger partial charge in [0, 0.05) is 32.0 Å². The molecule has 1 aromatic heterocycles. The minimum atomic E-state index is -0.122. The average molecular weight is 372 g/mol. The van der Waals surface area contributed by atoms with Crippen LogP contribution in [0.4, 0.5) is 5.95 Å². The lowest BCUT2D eigenvalue weighted by Crippen LogP contribution is -2.32. The van der Waals surface area contributed by atoms with E-state index in [0.717, 1.165) is 32.4 Å². The van der Waals surface area contributed by atoms with E-state index in [2.05, 4.69) is 56.6 Å². The highest BCUT2D eigenvalue weighted by molar-refractivity contribution is 5.93. The summed E-state index contributed by atoms with van der Waals surface area (Å²) >= 11 is 0. The van der Waals surface area contributed by atoms with Gasteiger partial charge in [-0.05, 0) is 36.0 Å². The summed E-state index contributed by atoms with van der Waals surface area (Å²) in [4.78, 5) is 23.3. The fraction of sp³-hybridized carbons (Fsp3) is 0.261. The second-order valence-electron chi connectivity index (χ2n) is 7.06. The van der Waals surface area contributed by atoms with Crippen LogP contribution in [0.5, 0.6) is 0 Å². The van der Waals surface area contributed by atoms with Crippen molar-refractivity contribution in [1.29, 1.82) is 0 Å². The highest BCUT2D eigenvalue weighted by Crippen LogP contribution is 2.21. The van der Waals surface area contributed by atoms with Crippen molar-refractivity contribution in [3.63, 3.8) is 0 Å². The molecule has 0 saturated carbocycles. The van der Waals surface area contributed by atoms with Gasteiger partial charge in [-0.1, -0.05) is 54.6 Å². The number of benzene rings is 2. The van der Waals surface area contributed by atoms with Crippen molar-refractivity contribution in [3.8, 4) is 0 Å². The summed E-state index contributed by atoms with van der Waals surface area (Å²) in [6, 6.07) is 18.8. The third-order valence-electron chi connectivity index (χ3n) is 5.08. The van der Waals surface area contributed by atoms with Gasteiger partial charge in [0.05, 0.1) is 5.56 Å². The van der Waals surface area contributed by atoms with Crippen LogP contribution < -0.4 is 10.2 Å². The molecule has 0 bridgehead atoms. The molecule has 1 amide bonds. The smallest absolute Gasteiger partial charge is 0.254 e. The van der Waals surface area contributed by atoms with Crippen molar-refractivity contribution in [2.24, 2.45) is 0 Å². The van der Waals surface area contributed by atoms with Gasteiger partial charge in [-0.15, -0.1) is 0 Å². The first kappa shape index (κ1) is 18.2. The predicted molar refractivity (Wildman–Crippen MR) is 110 cm³/mol. The number of anilines is 1. The minimum absolute atomic E-state index is 0.122. The number of carbonyl (C=O) groups is 1. The quantitative estimate of drug-likeness (QED) is 0.674. The molecule has 0 fully saturated rings. The van der Waals surface area contributed by atoms with Gasteiger partial charge in [0.1, 0.15) is 0 Å². The van der Waals surface area contributed by atoms with Crippen molar-refractivity contribution in [3.05, 3.63) is 89.2 Å². The van der Waals surface area contributed by atoms with Gasteiger partial charge >= 0.3 is 0 Å². The van der Waals surface area contributed by atoms with E-state index >= 15 is 0 Å². The second kappa shape index (κ2) is 8.65. The van der Waals surface area contributed by atoms with Crippen molar-refractivity contribution in [1.82, 2.24) is 15.3 Å². The van der Waals surface area contributed by atoms with E-state index in [1.807, 2.05) is 18.2 Å². The molecule has 0 aliphatic carbocycles. The third kappa shape index (κ3) is 4.36. The lowest BCUT2D eigenvalue weighted by atomic mass is 10.0. The number of fused-ring (bicyclic) bond motifs is 1. The van der Waals surface area contributed by atoms with Gasteiger partial charge in [-0.25, -0.2) is 9.97 Å². The standard InChI is InChI=1S/C23H24N4O/c28-22(24-13-6-9-18-7-2-1-3-8-18)21-15-25-23(26-16-21)27-14-12-19-10-4-5-11-20(19)17-27/h1-5,7-8,10-11,15-16H,6,9,12-14,17H2,(H,24,28). The topological polar surface area (TPSA) is 58.1 Å². The van der Waals surface area contributed by atoms with Gasteiger partial charge in [0.25, 0.3) is 5.91 Å². The second-order valence-corrected chi connectivity index (χ2v) is 7.06. The zero-order valence-corrected chi connectivity index (χ0v) is 15.8. The maximum absolute atomic E-state index is 12.3. The predicted octanol–water partition coefficient (Wildman–Crippen LogP) is 3.40. The van der Waals surface area contributed by atoms with Gasteiger partial charge < -0.3 is 10.2 Å². The number of rotatable bonds is 6. The number of carbonyl (C=O) groups excluding carboxylic acids is 1. The molecule has 3 aromatic rings. The van der Waals surface area contributed by atoms with Crippen LogP contribution >= 0.6 is 0 Å². The fourth-order valence-electron chi connectivity index (χ4n) is 3.51. The monoisotopic (exact) mass is 372 g/mol. The molecule has 0 radical (unpaired) electrons. The zero-order valence-electron chi connectivity index (χ0n) is 15.8. The SMILES string of the molecule is O=C(NCCCc1ccccc1)c1cnc(N2CCc3ccccc3C2)nc1. The molecule has 4 rings (SSSR count). The van der Waals surface area contributed by atoms with E-state index in [9.17, 15) is 4.79 Å². The average Bonchev–Trinajstić information content (AvgIpc) is 2.77. The summed E-state index contributed by atoms with van der Waals surface area (Å²) < 4.78 is 0. The van der Waals surface area contributed by atoms with Crippen molar-refractivity contribution < 1.29 is 4.79 Å². The van der Waals surface area contributed by atoms with Gasteiger partial charge in [-0.2, -0.15) is 0 Å². The number of nitrogens with zero attached hydrogens (tertiary/aromatic N) is 3.